The molecule has 2 aliphatic rings. The van der Waals surface area contributed by atoms with E-state index in [0.717, 1.165) is 6.04 Å². The lowest BCUT2D eigenvalue weighted by Gasteiger charge is -2.40. The van der Waals surface area contributed by atoms with Crippen LogP contribution in [0.4, 0.5) is 0 Å². The zero-order chi connectivity index (χ0) is 11.8. The fourth-order valence-electron chi connectivity index (χ4n) is 2.89. The van der Waals surface area contributed by atoms with Crippen LogP contribution in [-0.4, -0.2) is 55.6 Å². The van der Waals surface area contributed by atoms with E-state index in [1.165, 1.54) is 71.9 Å². The Hall–Kier alpha value is -0.120. The van der Waals surface area contributed by atoms with Gasteiger partial charge < -0.3 is 10.6 Å². The van der Waals surface area contributed by atoms with Crippen molar-refractivity contribution in [3.63, 3.8) is 0 Å². The Morgan fingerprint density at radius 2 is 1.50 bits per heavy atom. The molecule has 96 valence electrons. The molecule has 2 fully saturated rings. The van der Waals surface area contributed by atoms with Gasteiger partial charge in [-0.15, -0.1) is 0 Å². The molecule has 1 saturated heterocycles. The van der Waals surface area contributed by atoms with Gasteiger partial charge in [-0.05, 0) is 26.4 Å². The summed E-state index contributed by atoms with van der Waals surface area (Å²) in [7, 11) is 1.50. The van der Waals surface area contributed by atoms with Crippen molar-refractivity contribution >= 4 is 0 Å². The third kappa shape index (κ3) is 4.04. The third-order valence-corrected chi connectivity index (χ3v) is 3.95. The lowest BCUT2D eigenvalue weighted by Crippen LogP contribution is -2.50. The second-order valence-corrected chi connectivity index (χ2v) is 4.76. The summed E-state index contributed by atoms with van der Waals surface area (Å²) in [4.78, 5) is 5.31. The SMILES string of the molecule is CCN1CCN(C2CCCCC2)CC1.CN. The fraction of sp³-hybridized carbons (Fsp3) is 1.00. The number of rotatable bonds is 2. The first-order valence-corrected chi connectivity index (χ1v) is 6.94. The van der Waals surface area contributed by atoms with E-state index >= 15 is 0 Å². The monoisotopic (exact) mass is 227 g/mol. The summed E-state index contributed by atoms with van der Waals surface area (Å²) in [5.74, 6) is 0. The van der Waals surface area contributed by atoms with Crippen molar-refractivity contribution in [1.29, 1.82) is 0 Å². The summed E-state index contributed by atoms with van der Waals surface area (Å²) in [6.07, 6.45) is 7.35. The molecule has 3 nitrogen and oxygen atoms in total. The van der Waals surface area contributed by atoms with E-state index in [9.17, 15) is 0 Å². The lowest BCUT2D eigenvalue weighted by atomic mass is 9.94. The molecular weight excluding hydrogens is 198 g/mol. The predicted octanol–water partition coefficient (Wildman–Crippen LogP) is 1.53. The number of nitrogens with zero attached hydrogens (tertiary/aromatic N) is 2. The molecule has 0 aromatic rings. The van der Waals surface area contributed by atoms with E-state index in [1.54, 1.807) is 0 Å². The predicted molar refractivity (Wildman–Crippen MR) is 70.7 cm³/mol. The van der Waals surface area contributed by atoms with Crippen molar-refractivity contribution in [3.05, 3.63) is 0 Å². The largest absolute Gasteiger partial charge is 0.333 e. The smallest absolute Gasteiger partial charge is 0.0113 e. The summed E-state index contributed by atoms with van der Waals surface area (Å²) in [6, 6.07) is 0.933. The van der Waals surface area contributed by atoms with E-state index in [0.29, 0.717) is 0 Å². The molecule has 16 heavy (non-hydrogen) atoms. The van der Waals surface area contributed by atoms with Crippen molar-refractivity contribution < 1.29 is 0 Å². The van der Waals surface area contributed by atoms with Gasteiger partial charge in [-0.2, -0.15) is 0 Å². The molecule has 2 N–H and O–H groups in total. The zero-order valence-corrected chi connectivity index (χ0v) is 11.1. The minimum atomic E-state index is 0.933. The van der Waals surface area contributed by atoms with Gasteiger partial charge in [-0.1, -0.05) is 26.2 Å². The Kier molecular flexibility index (Phi) is 7.01. The van der Waals surface area contributed by atoms with Crippen molar-refractivity contribution in [2.24, 2.45) is 5.73 Å². The topological polar surface area (TPSA) is 32.5 Å². The van der Waals surface area contributed by atoms with Crippen LogP contribution in [0, 0.1) is 0 Å². The molecule has 1 heterocycles. The molecule has 0 unspecified atom stereocenters. The number of piperazine rings is 1. The number of hydrogen-bond acceptors (Lipinski definition) is 3. The molecule has 0 spiro atoms. The summed E-state index contributed by atoms with van der Waals surface area (Å²) in [5.41, 5.74) is 4.50. The van der Waals surface area contributed by atoms with E-state index in [4.69, 9.17) is 0 Å². The Balaban J connectivity index is 0.000000606. The highest BCUT2D eigenvalue weighted by molar-refractivity contribution is 4.80. The molecule has 0 aromatic carbocycles. The van der Waals surface area contributed by atoms with Gasteiger partial charge in [-0.3, -0.25) is 4.90 Å². The van der Waals surface area contributed by atoms with Gasteiger partial charge in [0, 0.05) is 32.2 Å². The summed E-state index contributed by atoms with van der Waals surface area (Å²) >= 11 is 0. The van der Waals surface area contributed by atoms with Gasteiger partial charge in [0.25, 0.3) is 0 Å². The van der Waals surface area contributed by atoms with Gasteiger partial charge in [0.15, 0.2) is 0 Å². The van der Waals surface area contributed by atoms with Crippen LogP contribution in [0.1, 0.15) is 39.0 Å². The van der Waals surface area contributed by atoms with Gasteiger partial charge in [0.2, 0.25) is 0 Å². The normalized spacial score (nSPS) is 24.9. The quantitative estimate of drug-likeness (QED) is 0.776. The van der Waals surface area contributed by atoms with E-state index in [2.05, 4.69) is 22.5 Å². The van der Waals surface area contributed by atoms with Crippen LogP contribution in [0.5, 0.6) is 0 Å². The highest BCUT2D eigenvalue weighted by Crippen LogP contribution is 2.23. The van der Waals surface area contributed by atoms with Crippen molar-refractivity contribution in [2.75, 3.05) is 39.8 Å². The first-order chi connectivity index (χ1) is 7.90. The molecular formula is C13H29N3. The maximum absolute atomic E-state index is 4.50. The molecule has 0 atom stereocenters. The summed E-state index contributed by atoms with van der Waals surface area (Å²) < 4.78 is 0. The number of hydrogen-bond donors (Lipinski definition) is 1. The molecule has 0 amide bonds. The first-order valence-electron chi connectivity index (χ1n) is 6.94. The van der Waals surface area contributed by atoms with Gasteiger partial charge in [0.05, 0.1) is 0 Å². The maximum atomic E-state index is 4.50. The third-order valence-electron chi connectivity index (χ3n) is 3.95. The van der Waals surface area contributed by atoms with Gasteiger partial charge in [0.1, 0.15) is 0 Å². The average Bonchev–Trinajstić information content (AvgIpc) is 2.42. The summed E-state index contributed by atoms with van der Waals surface area (Å²) in [5, 5.41) is 0. The van der Waals surface area contributed by atoms with Crippen LogP contribution in [0.3, 0.4) is 0 Å². The first kappa shape index (κ1) is 13.9. The molecule has 1 aliphatic carbocycles. The van der Waals surface area contributed by atoms with E-state index in [-0.39, 0.29) is 0 Å². The standard InChI is InChI=1S/C12H24N2.CH5N/c1-2-13-8-10-14(11-9-13)12-6-4-3-5-7-12;1-2/h12H,2-11H2,1H3;2H2,1H3. The molecule has 0 radical (unpaired) electrons. The Bertz CT molecular complexity index is 159. The van der Waals surface area contributed by atoms with Crippen molar-refractivity contribution in [1.82, 2.24) is 9.80 Å². The van der Waals surface area contributed by atoms with E-state index < -0.39 is 0 Å². The number of likely N-dealkylation sites (N-methyl/N-ethyl adjacent to an activating group) is 1. The Morgan fingerprint density at radius 3 is 2.00 bits per heavy atom. The Morgan fingerprint density at radius 1 is 0.938 bits per heavy atom. The lowest BCUT2D eigenvalue weighted by molar-refractivity contribution is 0.0817. The molecule has 0 aromatic heterocycles. The van der Waals surface area contributed by atoms with Crippen LogP contribution in [-0.2, 0) is 0 Å². The van der Waals surface area contributed by atoms with Crippen molar-refractivity contribution in [2.45, 2.75) is 45.1 Å². The molecule has 3 heteroatoms. The molecule has 0 bridgehead atoms. The Labute approximate surface area is 101 Å². The minimum absolute atomic E-state index is 0.933. The van der Waals surface area contributed by atoms with Crippen LogP contribution in [0.2, 0.25) is 0 Å². The maximum Gasteiger partial charge on any atom is 0.0113 e. The fourth-order valence-corrected chi connectivity index (χ4v) is 2.89. The van der Waals surface area contributed by atoms with E-state index in [1.807, 2.05) is 0 Å². The van der Waals surface area contributed by atoms with Crippen LogP contribution >= 0.6 is 0 Å². The van der Waals surface area contributed by atoms with Crippen LogP contribution in [0.25, 0.3) is 0 Å². The van der Waals surface area contributed by atoms with Gasteiger partial charge in [-0.25, -0.2) is 0 Å². The van der Waals surface area contributed by atoms with Crippen LogP contribution in [0.15, 0.2) is 0 Å². The second kappa shape index (κ2) is 8.04. The number of nitrogens with two attached hydrogens (primary N) is 1. The molecule has 2 rings (SSSR count). The molecule has 1 saturated carbocycles. The zero-order valence-electron chi connectivity index (χ0n) is 11.1. The second-order valence-electron chi connectivity index (χ2n) is 4.76. The minimum Gasteiger partial charge on any atom is -0.333 e. The molecule has 1 aliphatic heterocycles. The highest BCUT2D eigenvalue weighted by Gasteiger charge is 2.24. The van der Waals surface area contributed by atoms with Crippen LogP contribution < -0.4 is 5.73 Å². The van der Waals surface area contributed by atoms with Gasteiger partial charge >= 0.3 is 0 Å². The average molecular weight is 227 g/mol. The summed E-state index contributed by atoms with van der Waals surface area (Å²) in [6.45, 7) is 8.74. The highest BCUT2D eigenvalue weighted by atomic mass is 15.3. The van der Waals surface area contributed by atoms with Crippen molar-refractivity contribution in [3.8, 4) is 0 Å².